The number of benzene rings is 1. The summed E-state index contributed by atoms with van der Waals surface area (Å²) >= 11 is 0. The zero-order chi connectivity index (χ0) is 20.3. The predicted octanol–water partition coefficient (Wildman–Crippen LogP) is 1.26. The van der Waals surface area contributed by atoms with E-state index >= 15 is 0 Å². The highest BCUT2D eigenvalue weighted by molar-refractivity contribution is 6.22. The van der Waals surface area contributed by atoms with Gasteiger partial charge in [0.15, 0.2) is 5.96 Å². The number of nitrogens with two attached hydrogens (primary N) is 1. The van der Waals surface area contributed by atoms with Gasteiger partial charge in [-0.05, 0) is 30.4 Å². The largest absolute Gasteiger partial charge is 0.498 e. The van der Waals surface area contributed by atoms with Crippen molar-refractivity contribution in [3.8, 4) is 0 Å². The van der Waals surface area contributed by atoms with Crippen LogP contribution < -0.4 is 5.73 Å². The summed E-state index contributed by atoms with van der Waals surface area (Å²) in [4.78, 5) is 27.5. The number of carboxylic acid groups (broad SMARTS) is 1. The molecule has 1 aromatic rings. The standard InChI is InChI=1S/C20H26N4O4/c1-28-16-12-24(15-8-10-23(11-9-15)20(21)22)19(27)18(16)14-5-2-13(3-6-14)4-7-17(25)26/h2-3,5-6,15H,4,7-12H2,1H3,(H3,21,22)(H,25,26). The van der Waals surface area contributed by atoms with Crippen LogP contribution in [0.5, 0.6) is 0 Å². The fraction of sp³-hybridized carbons (Fsp3) is 0.450. The summed E-state index contributed by atoms with van der Waals surface area (Å²) in [5, 5.41) is 16.4. The molecule has 4 N–H and O–H groups in total. The van der Waals surface area contributed by atoms with Crippen LogP contribution in [-0.4, -0.2) is 65.5 Å². The molecule has 1 saturated heterocycles. The molecule has 2 aliphatic heterocycles. The zero-order valence-electron chi connectivity index (χ0n) is 16.0. The van der Waals surface area contributed by atoms with E-state index in [0.717, 1.165) is 24.0 Å². The lowest BCUT2D eigenvalue weighted by atomic mass is 10.0. The molecule has 0 spiro atoms. The van der Waals surface area contributed by atoms with Crippen LogP contribution in [0.3, 0.4) is 0 Å². The van der Waals surface area contributed by atoms with Crippen molar-refractivity contribution in [1.29, 1.82) is 5.41 Å². The van der Waals surface area contributed by atoms with Crippen molar-refractivity contribution in [3.05, 3.63) is 41.2 Å². The number of carbonyl (C=O) groups excluding carboxylic acids is 1. The van der Waals surface area contributed by atoms with Gasteiger partial charge in [0, 0.05) is 25.6 Å². The van der Waals surface area contributed by atoms with Gasteiger partial charge in [0.2, 0.25) is 0 Å². The van der Waals surface area contributed by atoms with Crippen LogP contribution in [0.2, 0.25) is 0 Å². The van der Waals surface area contributed by atoms with Gasteiger partial charge in [0.05, 0.1) is 19.2 Å². The summed E-state index contributed by atoms with van der Waals surface area (Å²) in [7, 11) is 1.58. The number of aliphatic carboxylic acids is 1. The number of hydrogen-bond acceptors (Lipinski definition) is 4. The summed E-state index contributed by atoms with van der Waals surface area (Å²) in [6.07, 6.45) is 2.07. The number of carboxylic acids is 1. The minimum atomic E-state index is -0.828. The normalized spacial score (nSPS) is 18.0. The number of methoxy groups -OCH3 is 1. The number of carbonyl (C=O) groups is 2. The van der Waals surface area contributed by atoms with E-state index in [0.29, 0.717) is 37.4 Å². The summed E-state index contributed by atoms with van der Waals surface area (Å²) in [5.74, 6) is -0.148. The lowest BCUT2D eigenvalue weighted by Crippen LogP contribution is -2.49. The van der Waals surface area contributed by atoms with Gasteiger partial charge in [0.25, 0.3) is 5.91 Å². The first kappa shape index (κ1) is 19.7. The number of ether oxygens (including phenoxy) is 1. The van der Waals surface area contributed by atoms with Crippen LogP contribution in [0.25, 0.3) is 5.57 Å². The second-order valence-corrected chi connectivity index (χ2v) is 7.13. The quantitative estimate of drug-likeness (QED) is 0.500. The zero-order valence-corrected chi connectivity index (χ0v) is 16.0. The molecule has 0 atom stereocenters. The van der Waals surface area contributed by atoms with Crippen LogP contribution in [0.4, 0.5) is 0 Å². The van der Waals surface area contributed by atoms with E-state index in [1.165, 1.54) is 0 Å². The van der Waals surface area contributed by atoms with Gasteiger partial charge < -0.3 is 25.4 Å². The maximum atomic E-state index is 13.1. The molecule has 28 heavy (non-hydrogen) atoms. The van der Waals surface area contributed by atoms with Crippen LogP contribution in [0, 0.1) is 5.41 Å². The third kappa shape index (κ3) is 4.11. The van der Waals surface area contributed by atoms with Gasteiger partial charge in [-0.15, -0.1) is 0 Å². The van der Waals surface area contributed by atoms with Crippen molar-refractivity contribution in [1.82, 2.24) is 9.80 Å². The number of aryl methyl sites for hydroxylation is 1. The first-order valence-electron chi connectivity index (χ1n) is 9.39. The topological polar surface area (TPSA) is 120 Å². The van der Waals surface area contributed by atoms with Gasteiger partial charge >= 0.3 is 5.97 Å². The van der Waals surface area contributed by atoms with E-state index in [-0.39, 0.29) is 24.3 Å². The number of nitrogens with one attached hydrogen (secondary N) is 1. The Hall–Kier alpha value is -3.03. The van der Waals surface area contributed by atoms with Gasteiger partial charge in [-0.2, -0.15) is 0 Å². The van der Waals surface area contributed by atoms with E-state index in [1.54, 1.807) is 7.11 Å². The van der Waals surface area contributed by atoms with Gasteiger partial charge in [-0.25, -0.2) is 0 Å². The van der Waals surface area contributed by atoms with Crippen molar-refractivity contribution >= 4 is 23.4 Å². The van der Waals surface area contributed by atoms with Crippen molar-refractivity contribution in [2.24, 2.45) is 5.73 Å². The summed E-state index contributed by atoms with van der Waals surface area (Å²) in [5.41, 5.74) is 7.83. The van der Waals surface area contributed by atoms with Crippen molar-refractivity contribution in [2.45, 2.75) is 31.7 Å². The highest BCUT2D eigenvalue weighted by Gasteiger charge is 2.37. The van der Waals surface area contributed by atoms with Crippen LogP contribution in [0.15, 0.2) is 30.0 Å². The van der Waals surface area contributed by atoms with Gasteiger partial charge in [-0.3, -0.25) is 15.0 Å². The Kier molecular flexibility index (Phi) is 5.87. The van der Waals surface area contributed by atoms with Gasteiger partial charge in [-0.1, -0.05) is 24.3 Å². The fourth-order valence-corrected chi connectivity index (χ4v) is 3.82. The Bertz CT molecular complexity index is 795. The second kappa shape index (κ2) is 8.33. The van der Waals surface area contributed by atoms with Crippen LogP contribution in [0.1, 0.15) is 30.4 Å². The number of rotatable bonds is 6. The Balaban J connectivity index is 1.71. The SMILES string of the molecule is COC1=C(c2ccc(CCC(=O)O)cc2)C(=O)N(C2CCN(C(=N)N)CC2)C1. The molecule has 1 amide bonds. The molecule has 8 heteroatoms. The number of amides is 1. The molecule has 0 radical (unpaired) electrons. The molecule has 1 aromatic carbocycles. The molecular weight excluding hydrogens is 360 g/mol. The minimum Gasteiger partial charge on any atom is -0.498 e. The first-order valence-corrected chi connectivity index (χ1v) is 9.39. The molecule has 0 bridgehead atoms. The average Bonchev–Trinajstić information content (AvgIpc) is 3.03. The Morgan fingerprint density at radius 2 is 1.93 bits per heavy atom. The first-order chi connectivity index (χ1) is 13.4. The third-order valence-electron chi connectivity index (χ3n) is 5.43. The Labute approximate surface area is 164 Å². The Morgan fingerprint density at radius 3 is 2.46 bits per heavy atom. The number of likely N-dealkylation sites (tertiary alicyclic amines) is 1. The molecule has 2 heterocycles. The lowest BCUT2D eigenvalue weighted by Gasteiger charge is -2.36. The van der Waals surface area contributed by atoms with Crippen molar-refractivity contribution in [2.75, 3.05) is 26.7 Å². The molecule has 2 aliphatic rings. The summed E-state index contributed by atoms with van der Waals surface area (Å²) < 4.78 is 5.51. The Morgan fingerprint density at radius 1 is 1.29 bits per heavy atom. The molecule has 0 saturated carbocycles. The number of hydrogen-bond donors (Lipinski definition) is 3. The monoisotopic (exact) mass is 386 g/mol. The highest BCUT2D eigenvalue weighted by atomic mass is 16.5. The molecule has 0 unspecified atom stereocenters. The third-order valence-corrected chi connectivity index (χ3v) is 5.43. The number of nitrogens with zero attached hydrogens (tertiary/aromatic N) is 2. The smallest absolute Gasteiger partial charge is 0.303 e. The fourth-order valence-electron chi connectivity index (χ4n) is 3.82. The number of piperidine rings is 1. The molecule has 0 aliphatic carbocycles. The molecule has 8 nitrogen and oxygen atoms in total. The maximum absolute atomic E-state index is 13.1. The maximum Gasteiger partial charge on any atom is 0.303 e. The molecular formula is C20H26N4O4. The summed E-state index contributed by atoms with van der Waals surface area (Å²) in [6.45, 7) is 1.77. The van der Waals surface area contributed by atoms with E-state index in [4.69, 9.17) is 21.0 Å². The highest BCUT2D eigenvalue weighted by Crippen LogP contribution is 2.32. The van der Waals surface area contributed by atoms with Crippen LogP contribution >= 0.6 is 0 Å². The van der Waals surface area contributed by atoms with Crippen molar-refractivity contribution in [3.63, 3.8) is 0 Å². The van der Waals surface area contributed by atoms with Gasteiger partial charge in [0.1, 0.15) is 5.76 Å². The van der Waals surface area contributed by atoms with Crippen molar-refractivity contribution < 1.29 is 19.4 Å². The molecule has 3 rings (SSSR count). The molecule has 150 valence electrons. The van der Waals surface area contributed by atoms with E-state index in [2.05, 4.69) is 0 Å². The molecule has 0 aromatic heterocycles. The minimum absolute atomic E-state index is 0.0450. The average molecular weight is 386 g/mol. The van der Waals surface area contributed by atoms with E-state index in [9.17, 15) is 9.59 Å². The van der Waals surface area contributed by atoms with E-state index in [1.807, 2.05) is 34.1 Å². The van der Waals surface area contributed by atoms with Crippen LogP contribution in [-0.2, 0) is 20.7 Å². The molecule has 1 fully saturated rings. The number of guanidine groups is 1. The summed E-state index contributed by atoms with van der Waals surface area (Å²) in [6, 6.07) is 7.52. The second-order valence-electron chi connectivity index (χ2n) is 7.13. The van der Waals surface area contributed by atoms with E-state index < -0.39 is 5.97 Å². The lowest BCUT2D eigenvalue weighted by molar-refractivity contribution is -0.137. The predicted molar refractivity (Wildman–Crippen MR) is 105 cm³/mol.